The normalized spacial score (nSPS) is 10.7. The highest BCUT2D eigenvalue weighted by Gasteiger charge is 2.16. The van der Waals surface area contributed by atoms with Gasteiger partial charge in [-0.15, -0.1) is 0 Å². The van der Waals surface area contributed by atoms with E-state index in [1.807, 2.05) is 18.7 Å². The first-order valence-electron chi connectivity index (χ1n) is 5.97. The van der Waals surface area contributed by atoms with Crippen molar-refractivity contribution in [2.24, 2.45) is 0 Å². The van der Waals surface area contributed by atoms with E-state index in [4.69, 9.17) is 5.11 Å². The lowest BCUT2D eigenvalue weighted by Gasteiger charge is -2.27. The van der Waals surface area contributed by atoms with Crippen LogP contribution in [0.5, 0.6) is 0 Å². The Kier molecular flexibility index (Phi) is 5.03. The summed E-state index contributed by atoms with van der Waals surface area (Å²) >= 11 is 0. The number of aliphatic hydroxyl groups is 1. The van der Waals surface area contributed by atoms with E-state index in [2.05, 4.69) is 4.98 Å². The molecule has 1 aromatic heterocycles. The molecule has 0 atom stereocenters. The van der Waals surface area contributed by atoms with Gasteiger partial charge in [0, 0.05) is 25.3 Å². The number of aromatic nitrogens is 1. The predicted molar refractivity (Wildman–Crippen MR) is 69.8 cm³/mol. The zero-order chi connectivity index (χ0) is 13.7. The van der Waals surface area contributed by atoms with Crippen LogP contribution < -0.4 is 4.90 Å². The molecule has 0 saturated carbocycles. The van der Waals surface area contributed by atoms with Gasteiger partial charge in [0.1, 0.15) is 11.5 Å². The molecule has 0 spiro atoms. The second-order valence-corrected chi connectivity index (χ2v) is 4.40. The average Bonchev–Trinajstić information content (AvgIpc) is 2.28. The molecule has 0 aliphatic carbocycles. The summed E-state index contributed by atoms with van der Waals surface area (Å²) in [5.41, 5.74) is 0.441. The van der Waals surface area contributed by atoms with Crippen LogP contribution in [0, 0.1) is 17.0 Å². The summed E-state index contributed by atoms with van der Waals surface area (Å²) in [6, 6.07) is 3.36. The first-order chi connectivity index (χ1) is 8.47. The Morgan fingerprint density at radius 2 is 2.17 bits per heavy atom. The number of aliphatic hydroxyl groups excluding tert-OH is 1. The Balaban J connectivity index is 2.99. The van der Waals surface area contributed by atoms with Crippen molar-refractivity contribution in [1.29, 1.82) is 0 Å². The lowest BCUT2D eigenvalue weighted by molar-refractivity contribution is -0.385. The molecule has 0 radical (unpaired) electrons. The molecule has 0 bridgehead atoms. The number of anilines is 1. The van der Waals surface area contributed by atoms with E-state index >= 15 is 0 Å². The quantitative estimate of drug-likeness (QED) is 0.618. The highest BCUT2D eigenvalue weighted by Crippen LogP contribution is 2.21. The van der Waals surface area contributed by atoms with Crippen molar-refractivity contribution in [3.05, 3.63) is 27.9 Å². The predicted octanol–water partition coefficient (Wildman–Crippen LogP) is 1.90. The maximum atomic E-state index is 10.7. The largest absolute Gasteiger partial charge is 0.396 e. The molecule has 0 aliphatic rings. The molecule has 0 unspecified atom stereocenters. The van der Waals surface area contributed by atoms with E-state index in [1.54, 1.807) is 13.0 Å². The molecule has 0 aromatic carbocycles. The zero-order valence-corrected chi connectivity index (χ0v) is 11.0. The van der Waals surface area contributed by atoms with Gasteiger partial charge in [0.25, 0.3) is 5.69 Å². The number of rotatable bonds is 6. The van der Waals surface area contributed by atoms with Gasteiger partial charge in [0.05, 0.1) is 4.92 Å². The van der Waals surface area contributed by atoms with E-state index < -0.39 is 4.92 Å². The van der Waals surface area contributed by atoms with Gasteiger partial charge in [0.2, 0.25) is 0 Å². The summed E-state index contributed by atoms with van der Waals surface area (Å²) in [6.45, 7) is 6.48. The standard InChI is InChI=1S/C12H19N3O3/c1-9(2)14(7-4-8-16)12-6-5-11(15(17)18)10(3)13-12/h5-6,9,16H,4,7-8H2,1-3H3. The maximum absolute atomic E-state index is 10.7. The lowest BCUT2D eigenvalue weighted by atomic mass is 10.2. The Morgan fingerprint density at radius 1 is 1.50 bits per heavy atom. The van der Waals surface area contributed by atoms with Gasteiger partial charge in [-0.3, -0.25) is 10.1 Å². The first-order valence-corrected chi connectivity index (χ1v) is 5.97. The minimum absolute atomic E-state index is 0.0321. The lowest BCUT2D eigenvalue weighted by Crippen LogP contribution is -2.33. The summed E-state index contributed by atoms with van der Waals surface area (Å²) < 4.78 is 0. The highest BCUT2D eigenvalue weighted by molar-refractivity contribution is 5.47. The van der Waals surface area contributed by atoms with Crippen molar-refractivity contribution >= 4 is 11.5 Å². The number of hydrogen-bond acceptors (Lipinski definition) is 5. The number of nitro groups is 1. The highest BCUT2D eigenvalue weighted by atomic mass is 16.6. The molecule has 100 valence electrons. The van der Waals surface area contributed by atoms with Gasteiger partial charge < -0.3 is 10.0 Å². The number of hydrogen-bond donors (Lipinski definition) is 1. The van der Waals surface area contributed by atoms with Crippen molar-refractivity contribution in [1.82, 2.24) is 4.98 Å². The summed E-state index contributed by atoms with van der Waals surface area (Å²) in [5.74, 6) is 0.710. The van der Waals surface area contributed by atoms with Gasteiger partial charge in [-0.1, -0.05) is 0 Å². The third-order valence-electron chi connectivity index (χ3n) is 2.71. The van der Waals surface area contributed by atoms with Crippen molar-refractivity contribution in [2.75, 3.05) is 18.1 Å². The minimum Gasteiger partial charge on any atom is -0.396 e. The van der Waals surface area contributed by atoms with E-state index in [0.717, 1.165) is 0 Å². The third-order valence-corrected chi connectivity index (χ3v) is 2.71. The second-order valence-electron chi connectivity index (χ2n) is 4.40. The molecule has 0 fully saturated rings. The van der Waals surface area contributed by atoms with E-state index in [1.165, 1.54) is 6.07 Å². The van der Waals surface area contributed by atoms with E-state index in [0.29, 0.717) is 24.5 Å². The summed E-state index contributed by atoms with van der Waals surface area (Å²) in [6.07, 6.45) is 0.649. The Hall–Kier alpha value is -1.69. The van der Waals surface area contributed by atoms with Gasteiger partial charge >= 0.3 is 0 Å². The fraction of sp³-hybridized carbons (Fsp3) is 0.583. The third kappa shape index (κ3) is 3.40. The van der Waals surface area contributed by atoms with Crippen LogP contribution in [-0.4, -0.2) is 34.2 Å². The number of aryl methyl sites for hydroxylation is 1. The van der Waals surface area contributed by atoms with E-state index in [9.17, 15) is 10.1 Å². The average molecular weight is 253 g/mol. The molecule has 0 aliphatic heterocycles. The molecule has 6 nitrogen and oxygen atoms in total. The van der Waals surface area contributed by atoms with Crippen LogP contribution in [-0.2, 0) is 0 Å². The summed E-state index contributed by atoms with van der Waals surface area (Å²) in [4.78, 5) is 16.6. The van der Waals surface area contributed by atoms with Crippen molar-refractivity contribution in [3.63, 3.8) is 0 Å². The van der Waals surface area contributed by atoms with E-state index in [-0.39, 0.29) is 18.3 Å². The van der Waals surface area contributed by atoms with Crippen LogP contribution >= 0.6 is 0 Å². The van der Waals surface area contributed by atoms with Crippen LogP contribution in [0.1, 0.15) is 26.0 Å². The summed E-state index contributed by atoms with van der Waals surface area (Å²) in [7, 11) is 0. The molecule has 6 heteroatoms. The van der Waals surface area contributed by atoms with Gasteiger partial charge in [0.15, 0.2) is 0 Å². The molecular weight excluding hydrogens is 234 g/mol. The van der Waals surface area contributed by atoms with Crippen LogP contribution in [0.25, 0.3) is 0 Å². The van der Waals surface area contributed by atoms with Crippen molar-refractivity contribution < 1.29 is 10.0 Å². The first kappa shape index (κ1) is 14.4. The maximum Gasteiger partial charge on any atom is 0.290 e. The van der Waals surface area contributed by atoms with Crippen LogP contribution in [0.4, 0.5) is 11.5 Å². The smallest absolute Gasteiger partial charge is 0.290 e. The molecule has 1 aromatic rings. The molecule has 0 amide bonds. The topological polar surface area (TPSA) is 79.5 Å². The zero-order valence-electron chi connectivity index (χ0n) is 11.0. The van der Waals surface area contributed by atoms with Crippen LogP contribution in [0.15, 0.2) is 12.1 Å². The number of nitrogens with zero attached hydrogens (tertiary/aromatic N) is 3. The molecule has 0 saturated heterocycles. The molecular formula is C12H19N3O3. The summed E-state index contributed by atoms with van der Waals surface area (Å²) in [5, 5.41) is 19.6. The second kappa shape index (κ2) is 6.30. The fourth-order valence-electron chi connectivity index (χ4n) is 1.77. The SMILES string of the molecule is Cc1nc(N(CCCO)C(C)C)ccc1[N+](=O)[O-]. The Labute approximate surface area is 106 Å². The van der Waals surface area contributed by atoms with Crippen molar-refractivity contribution in [2.45, 2.75) is 33.2 Å². The molecule has 1 heterocycles. The number of pyridine rings is 1. The Morgan fingerprint density at radius 3 is 2.61 bits per heavy atom. The van der Waals surface area contributed by atoms with Gasteiger partial charge in [-0.25, -0.2) is 4.98 Å². The minimum atomic E-state index is -0.431. The molecule has 1 N–H and O–H groups in total. The molecule has 18 heavy (non-hydrogen) atoms. The van der Waals surface area contributed by atoms with Crippen LogP contribution in [0.2, 0.25) is 0 Å². The van der Waals surface area contributed by atoms with Crippen LogP contribution in [0.3, 0.4) is 0 Å². The van der Waals surface area contributed by atoms with Gasteiger partial charge in [-0.2, -0.15) is 0 Å². The van der Waals surface area contributed by atoms with Gasteiger partial charge in [-0.05, 0) is 33.3 Å². The monoisotopic (exact) mass is 253 g/mol. The fourth-order valence-corrected chi connectivity index (χ4v) is 1.77. The molecule has 1 rings (SSSR count). The Bertz CT molecular complexity index is 421. The van der Waals surface area contributed by atoms with Crippen molar-refractivity contribution in [3.8, 4) is 0 Å².